The highest BCUT2D eigenvalue weighted by atomic mass is 35.5. The van der Waals surface area contributed by atoms with Crippen molar-refractivity contribution in [2.24, 2.45) is 0 Å². The van der Waals surface area contributed by atoms with Gasteiger partial charge in [0, 0.05) is 22.3 Å². The van der Waals surface area contributed by atoms with E-state index in [0.717, 1.165) is 44.1 Å². The molecule has 3 aromatic rings. The smallest absolute Gasteiger partial charge is 0.328 e. The molecule has 0 radical (unpaired) electrons. The summed E-state index contributed by atoms with van der Waals surface area (Å²) < 4.78 is 4.70. The Balaban J connectivity index is 1.82. The lowest BCUT2D eigenvalue weighted by molar-refractivity contribution is -0.142. The van der Waals surface area contributed by atoms with Gasteiger partial charge in [-0.25, -0.2) is 4.79 Å². The summed E-state index contributed by atoms with van der Waals surface area (Å²) in [6.45, 7) is 9.53. The van der Waals surface area contributed by atoms with Crippen LogP contribution in [0.25, 0.3) is 11.1 Å². The first-order valence-electron chi connectivity index (χ1n) is 11.2. The lowest BCUT2D eigenvalue weighted by Crippen LogP contribution is -2.39. The van der Waals surface area contributed by atoms with E-state index in [1.807, 2.05) is 57.2 Å². The highest BCUT2D eigenvalue weighted by Crippen LogP contribution is 2.29. The number of halogens is 1. The maximum absolute atomic E-state index is 12.8. The van der Waals surface area contributed by atoms with Gasteiger partial charge in [-0.05, 0) is 86.2 Å². The van der Waals surface area contributed by atoms with E-state index in [0.29, 0.717) is 5.56 Å². The van der Waals surface area contributed by atoms with Gasteiger partial charge >= 0.3 is 5.97 Å². The number of ether oxygens (including phenoxy) is 1. The van der Waals surface area contributed by atoms with E-state index >= 15 is 0 Å². The van der Waals surface area contributed by atoms with Gasteiger partial charge in [-0.3, -0.25) is 4.79 Å². The van der Waals surface area contributed by atoms with Crippen LogP contribution in [-0.2, 0) is 9.53 Å². The molecule has 0 saturated carbocycles. The normalized spacial score (nSPS) is 12.6. The highest BCUT2D eigenvalue weighted by Gasteiger charge is 2.20. The molecule has 1 amide bonds. The molecule has 0 aliphatic carbocycles. The zero-order chi connectivity index (χ0) is 25.0. The van der Waals surface area contributed by atoms with Crippen LogP contribution >= 0.6 is 11.6 Å². The van der Waals surface area contributed by atoms with Gasteiger partial charge in [-0.1, -0.05) is 48.0 Å². The first-order chi connectivity index (χ1) is 16.1. The summed E-state index contributed by atoms with van der Waals surface area (Å²) in [6.07, 6.45) is 0. The molecule has 34 heavy (non-hydrogen) atoms. The molecular formula is C28H31ClN2O3. The van der Waals surface area contributed by atoms with Crippen LogP contribution in [0, 0.1) is 20.8 Å². The Morgan fingerprint density at radius 1 is 0.882 bits per heavy atom. The van der Waals surface area contributed by atoms with Crippen molar-refractivity contribution in [3.8, 4) is 11.1 Å². The van der Waals surface area contributed by atoms with Crippen molar-refractivity contribution in [1.82, 2.24) is 5.32 Å². The van der Waals surface area contributed by atoms with E-state index in [9.17, 15) is 9.59 Å². The van der Waals surface area contributed by atoms with E-state index in [1.54, 1.807) is 6.92 Å². The molecule has 3 aromatic carbocycles. The van der Waals surface area contributed by atoms with Gasteiger partial charge < -0.3 is 15.4 Å². The van der Waals surface area contributed by atoms with Crippen molar-refractivity contribution in [2.75, 3.05) is 12.4 Å². The number of carbonyl (C=O) groups is 2. The molecule has 3 rings (SSSR count). The molecule has 5 nitrogen and oxygen atoms in total. The van der Waals surface area contributed by atoms with Crippen molar-refractivity contribution in [1.29, 1.82) is 0 Å². The van der Waals surface area contributed by atoms with Gasteiger partial charge in [0.1, 0.15) is 6.04 Å². The maximum Gasteiger partial charge on any atom is 0.328 e. The second-order valence-electron chi connectivity index (χ2n) is 8.66. The Kier molecular flexibility index (Phi) is 8.00. The third-order valence-corrected chi connectivity index (χ3v) is 6.35. The molecule has 0 saturated heterocycles. The van der Waals surface area contributed by atoms with E-state index < -0.39 is 12.0 Å². The number of benzene rings is 3. The number of hydrogen-bond acceptors (Lipinski definition) is 4. The van der Waals surface area contributed by atoms with Crippen LogP contribution < -0.4 is 10.6 Å². The van der Waals surface area contributed by atoms with Gasteiger partial charge in [0.05, 0.1) is 7.11 Å². The predicted molar refractivity (Wildman–Crippen MR) is 139 cm³/mol. The molecule has 0 fully saturated rings. The third kappa shape index (κ3) is 5.78. The van der Waals surface area contributed by atoms with Crippen LogP contribution in [0.15, 0.2) is 54.6 Å². The molecule has 0 aromatic heterocycles. The number of anilines is 1. The summed E-state index contributed by atoms with van der Waals surface area (Å²) in [5.74, 6) is -0.769. The van der Waals surface area contributed by atoms with Crippen molar-refractivity contribution in [3.05, 3.63) is 87.4 Å². The monoisotopic (exact) mass is 478 g/mol. The van der Waals surface area contributed by atoms with Crippen LogP contribution in [0.4, 0.5) is 5.69 Å². The van der Waals surface area contributed by atoms with Crippen LogP contribution in [0.1, 0.15) is 52.5 Å². The molecule has 6 heteroatoms. The standard InChI is InChI=1S/C28H31ClN2O3/c1-16-12-21(10-11-25(16)29)19(4)30-24-9-7-8-22(15-24)23-13-17(2)26(18(3)14-23)27(32)31-20(5)28(33)34-6/h7-15,19-20,30H,1-6H3,(H,31,32)/t19-,20?/m0/s1. The molecule has 0 bridgehead atoms. The van der Waals surface area contributed by atoms with Gasteiger partial charge in [-0.2, -0.15) is 0 Å². The zero-order valence-electron chi connectivity index (χ0n) is 20.5. The number of methoxy groups -OCH3 is 1. The summed E-state index contributed by atoms with van der Waals surface area (Å²) in [4.78, 5) is 24.5. The average Bonchev–Trinajstić information content (AvgIpc) is 2.79. The Morgan fingerprint density at radius 2 is 1.56 bits per heavy atom. The Labute approximate surface area is 206 Å². The average molecular weight is 479 g/mol. The van der Waals surface area contributed by atoms with Crippen molar-refractivity contribution in [2.45, 2.75) is 46.7 Å². The van der Waals surface area contributed by atoms with E-state index in [-0.39, 0.29) is 11.9 Å². The Hall–Kier alpha value is -3.31. The summed E-state index contributed by atoms with van der Waals surface area (Å²) >= 11 is 6.17. The van der Waals surface area contributed by atoms with Crippen LogP contribution in [0.5, 0.6) is 0 Å². The minimum Gasteiger partial charge on any atom is -0.467 e. The number of rotatable bonds is 7. The quantitative estimate of drug-likeness (QED) is 0.386. The lowest BCUT2D eigenvalue weighted by atomic mass is 9.94. The molecule has 1 unspecified atom stereocenters. The maximum atomic E-state index is 12.8. The lowest BCUT2D eigenvalue weighted by Gasteiger charge is -2.18. The highest BCUT2D eigenvalue weighted by molar-refractivity contribution is 6.31. The molecule has 0 spiro atoms. The second-order valence-corrected chi connectivity index (χ2v) is 9.07. The van der Waals surface area contributed by atoms with Gasteiger partial charge in [-0.15, -0.1) is 0 Å². The third-order valence-electron chi connectivity index (χ3n) is 5.92. The SMILES string of the molecule is COC(=O)C(C)NC(=O)c1c(C)cc(-c2cccc(N[C@@H](C)c3ccc(Cl)c(C)c3)c2)cc1C. The first-order valence-corrected chi connectivity index (χ1v) is 11.6. The van der Waals surface area contributed by atoms with E-state index in [1.165, 1.54) is 7.11 Å². The predicted octanol–water partition coefficient (Wildman–Crippen LogP) is 6.40. The molecule has 0 aliphatic rings. The fourth-order valence-corrected chi connectivity index (χ4v) is 4.17. The Bertz CT molecular complexity index is 1200. The molecule has 0 heterocycles. The fourth-order valence-electron chi connectivity index (χ4n) is 4.05. The van der Waals surface area contributed by atoms with Crippen LogP contribution in [0.3, 0.4) is 0 Å². The summed E-state index contributed by atoms with van der Waals surface area (Å²) in [7, 11) is 1.30. The van der Waals surface area contributed by atoms with Crippen molar-refractivity contribution >= 4 is 29.2 Å². The molecule has 2 N–H and O–H groups in total. The summed E-state index contributed by atoms with van der Waals surface area (Å²) in [6, 6.07) is 17.7. The number of carbonyl (C=O) groups excluding carboxylic acids is 2. The fraction of sp³-hybridized carbons (Fsp3) is 0.286. The molecule has 178 valence electrons. The zero-order valence-corrected chi connectivity index (χ0v) is 21.2. The van der Waals surface area contributed by atoms with Gasteiger partial charge in [0.25, 0.3) is 5.91 Å². The summed E-state index contributed by atoms with van der Waals surface area (Å²) in [5.41, 5.74) is 7.54. The van der Waals surface area contributed by atoms with Crippen molar-refractivity contribution < 1.29 is 14.3 Å². The number of amides is 1. The first kappa shape index (κ1) is 25.3. The summed E-state index contributed by atoms with van der Waals surface area (Å²) in [5, 5.41) is 7.03. The van der Waals surface area contributed by atoms with Crippen LogP contribution in [-0.4, -0.2) is 25.0 Å². The number of aryl methyl sites for hydroxylation is 3. The van der Waals surface area contributed by atoms with Crippen molar-refractivity contribution in [3.63, 3.8) is 0 Å². The van der Waals surface area contributed by atoms with E-state index in [4.69, 9.17) is 16.3 Å². The molecule has 0 aliphatic heterocycles. The number of hydrogen-bond donors (Lipinski definition) is 2. The minimum absolute atomic E-state index is 0.109. The molecule has 2 atom stereocenters. The van der Waals surface area contributed by atoms with Gasteiger partial charge in [0.15, 0.2) is 0 Å². The van der Waals surface area contributed by atoms with Gasteiger partial charge in [0.2, 0.25) is 0 Å². The van der Waals surface area contributed by atoms with E-state index in [2.05, 4.69) is 35.8 Å². The second kappa shape index (κ2) is 10.7. The molecular weight excluding hydrogens is 448 g/mol. The number of nitrogens with one attached hydrogen (secondary N) is 2. The number of esters is 1. The topological polar surface area (TPSA) is 67.4 Å². The van der Waals surface area contributed by atoms with Crippen LogP contribution in [0.2, 0.25) is 5.02 Å². The Morgan fingerprint density at radius 3 is 2.18 bits per heavy atom. The minimum atomic E-state index is -0.717. The largest absolute Gasteiger partial charge is 0.467 e.